The van der Waals surface area contributed by atoms with Crippen molar-refractivity contribution in [2.75, 3.05) is 26.8 Å². The van der Waals surface area contributed by atoms with Gasteiger partial charge in [0.25, 0.3) is 0 Å². The quantitative estimate of drug-likeness (QED) is 0.785. The lowest BCUT2D eigenvalue weighted by Gasteiger charge is -2.30. The van der Waals surface area contributed by atoms with Crippen molar-refractivity contribution < 1.29 is 9.53 Å². The van der Waals surface area contributed by atoms with Crippen LogP contribution in [0, 0.1) is 12.3 Å². The summed E-state index contributed by atoms with van der Waals surface area (Å²) in [5, 5.41) is 0. The Labute approximate surface area is 156 Å². The third-order valence-corrected chi connectivity index (χ3v) is 6.63. The van der Waals surface area contributed by atoms with Crippen LogP contribution in [0.15, 0.2) is 18.5 Å². The number of ether oxygens (including phenoxy) is 1. The molecule has 2 aliphatic heterocycles. The molecular weight excluding hydrogens is 326 g/mol. The number of likely N-dealkylation sites (tertiary alicyclic amines) is 1. The fourth-order valence-corrected chi connectivity index (χ4v) is 4.87. The average Bonchev–Trinajstić information content (AvgIpc) is 3.27. The number of rotatable bonds is 6. The number of methoxy groups -OCH3 is 1. The molecule has 2 saturated heterocycles. The second-order valence-electron chi connectivity index (χ2n) is 8.62. The summed E-state index contributed by atoms with van der Waals surface area (Å²) in [5.74, 6) is 0.367. The van der Waals surface area contributed by atoms with Gasteiger partial charge in [-0.05, 0) is 56.2 Å². The predicted molar refractivity (Wildman–Crippen MR) is 101 cm³/mol. The Hall–Kier alpha value is -1.46. The molecule has 0 radical (unpaired) electrons. The lowest BCUT2D eigenvalue weighted by molar-refractivity contribution is -0.135. The third-order valence-electron chi connectivity index (χ3n) is 6.63. The van der Waals surface area contributed by atoms with Crippen LogP contribution in [0.5, 0.6) is 0 Å². The van der Waals surface area contributed by atoms with Gasteiger partial charge in [0.1, 0.15) is 0 Å². The molecule has 1 amide bonds. The Balaban J connectivity index is 1.41. The Morgan fingerprint density at radius 1 is 1.31 bits per heavy atom. The van der Waals surface area contributed by atoms with Gasteiger partial charge in [-0.15, -0.1) is 0 Å². The molecule has 1 aliphatic carbocycles. The Morgan fingerprint density at radius 3 is 2.85 bits per heavy atom. The van der Waals surface area contributed by atoms with E-state index >= 15 is 0 Å². The molecule has 2 atom stereocenters. The van der Waals surface area contributed by atoms with Crippen molar-refractivity contribution in [3.63, 3.8) is 0 Å². The topological polar surface area (TPSA) is 45.7 Å². The van der Waals surface area contributed by atoms with Crippen molar-refractivity contribution >= 4 is 5.91 Å². The molecule has 26 heavy (non-hydrogen) atoms. The number of hydrogen-bond acceptors (Lipinski definition) is 4. The first kappa shape index (κ1) is 17.9. The summed E-state index contributed by atoms with van der Waals surface area (Å²) >= 11 is 0. The zero-order valence-electron chi connectivity index (χ0n) is 16.1. The van der Waals surface area contributed by atoms with Crippen LogP contribution in [0.1, 0.15) is 49.7 Å². The van der Waals surface area contributed by atoms with E-state index in [4.69, 9.17) is 4.74 Å². The van der Waals surface area contributed by atoms with E-state index in [0.29, 0.717) is 24.4 Å². The molecule has 0 aromatic carbocycles. The van der Waals surface area contributed by atoms with Gasteiger partial charge in [-0.25, -0.2) is 0 Å². The van der Waals surface area contributed by atoms with Crippen LogP contribution in [0.4, 0.5) is 0 Å². The van der Waals surface area contributed by atoms with E-state index in [9.17, 15) is 4.79 Å². The molecule has 1 aromatic heterocycles. The number of aromatic nitrogens is 1. The van der Waals surface area contributed by atoms with Gasteiger partial charge in [0, 0.05) is 63.1 Å². The molecule has 3 aliphatic rings. The minimum Gasteiger partial charge on any atom is -0.384 e. The van der Waals surface area contributed by atoms with Crippen molar-refractivity contribution in [2.45, 2.75) is 64.1 Å². The summed E-state index contributed by atoms with van der Waals surface area (Å²) in [6.45, 7) is 5.89. The fraction of sp³-hybridized carbons (Fsp3) is 0.714. The average molecular weight is 357 g/mol. The van der Waals surface area contributed by atoms with Crippen molar-refractivity contribution in [3.05, 3.63) is 29.6 Å². The Bertz CT molecular complexity index is 658. The van der Waals surface area contributed by atoms with Gasteiger partial charge in [-0.2, -0.15) is 0 Å². The van der Waals surface area contributed by atoms with Crippen LogP contribution >= 0.6 is 0 Å². The molecule has 2 bridgehead atoms. The molecule has 3 heterocycles. The Morgan fingerprint density at radius 2 is 2.12 bits per heavy atom. The highest BCUT2D eigenvalue weighted by molar-refractivity contribution is 5.78. The molecule has 1 saturated carbocycles. The van der Waals surface area contributed by atoms with Crippen molar-refractivity contribution in [3.8, 4) is 0 Å². The smallest absolute Gasteiger partial charge is 0.223 e. The molecule has 5 nitrogen and oxygen atoms in total. The van der Waals surface area contributed by atoms with Crippen molar-refractivity contribution in [1.82, 2.24) is 14.8 Å². The lowest BCUT2D eigenvalue weighted by atomic mass is 10.0. The fourth-order valence-electron chi connectivity index (χ4n) is 4.87. The molecule has 142 valence electrons. The van der Waals surface area contributed by atoms with E-state index in [1.165, 1.54) is 17.5 Å². The van der Waals surface area contributed by atoms with Crippen LogP contribution < -0.4 is 0 Å². The van der Waals surface area contributed by atoms with Crippen molar-refractivity contribution in [1.29, 1.82) is 0 Å². The highest BCUT2D eigenvalue weighted by atomic mass is 16.5. The standard InChI is InChI=1S/C21H31N3O2/c1-16-5-9-22-12-17(16)13-23-10-6-18-3-4-19(14-23)24(18)20(25)11-21(7-8-21)15-26-2/h5,9,12,18-19H,3-4,6-8,10-11,13-15H2,1-2H3. The van der Waals surface area contributed by atoms with Crippen LogP contribution in [0.25, 0.3) is 0 Å². The van der Waals surface area contributed by atoms with Gasteiger partial charge < -0.3 is 9.64 Å². The first-order valence-electron chi connectivity index (χ1n) is 10.0. The first-order chi connectivity index (χ1) is 12.6. The number of nitrogens with zero attached hydrogens (tertiary/aromatic N) is 3. The maximum absolute atomic E-state index is 13.1. The second-order valence-corrected chi connectivity index (χ2v) is 8.62. The minimum absolute atomic E-state index is 0.143. The summed E-state index contributed by atoms with van der Waals surface area (Å²) < 4.78 is 5.36. The van der Waals surface area contributed by atoms with E-state index in [2.05, 4.69) is 27.8 Å². The van der Waals surface area contributed by atoms with Gasteiger partial charge in [-0.1, -0.05) is 0 Å². The molecule has 0 N–H and O–H groups in total. The predicted octanol–water partition coefficient (Wildman–Crippen LogP) is 2.77. The van der Waals surface area contributed by atoms with Gasteiger partial charge in [0.15, 0.2) is 0 Å². The molecule has 1 aromatic rings. The number of hydrogen-bond donors (Lipinski definition) is 0. The third kappa shape index (κ3) is 3.65. The minimum atomic E-state index is 0.143. The summed E-state index contributed by atoms with van der Waals surface area (Å²) in [6.07, 6.45) is 10.2. The molecule has 2 unspecified atom stereocenters. The van der Waals surface area contributed by atoms with Gasteiger partial charge in [0.05, 0.1) is 6.61 Å². The monoisotopic (exact) mass is 357 g/mol. The maximum Gasteiger partial charge on any atom is 0.223 e. The number of fused-ring (bicyclic) bond motifs is 2. The van der Waals surface area contributed by atoms with E-state index in [-0.39, 0.29) is 5.41 Å². The highest BCUT2D eigenvalue weighted by Crippen LogP contribution is 2.50. The normalized spacial score (nSPS) is 27.4. The van der Waals surface area contributed by atoms with E-state index in [1.54, 1.807) is 7.11 Å². The second kappa shape index (κ2) is 7.28. The van der Waals surface area contributed by atoms with E-state index < -0.39 is 0 Å². The highest BCUT2D eigenvalue weighted by Gasteiger charge is 2.48. The maximum atomic E-state index is 13.1. The first-order valence-corrected chi connectivity index (χ1v) is 10.0. The number of carbonyl (C=O) groups is 1. The zero-order valence-corrected chi connectivity index (χ0v) is 16.1. The van der Waals surface area contributed by atoms with E-state index in [1.807, 2.05) is 12.4 Å². The van der Waals surface area contributed by atoms with Gasteiger partial charge >= 0.3 is 0 Å². The number of amides is 1. The molecular formula is C21H31N3O2. The number of pyridine rings is 1. The lowest BCUT2D eigenvalue weighted by Crippen LogP contribution is -2.44. The van der Waals surface area contributed by atoms with E-state index in [0.717, 1.165) is 51.9 Å². The summed E-state index contributed by atoms with van der Waals surface area (Å²) in [7, 11) is 1.75. The Kier molecular flexibility index (Phi) is 5.02. The number of carbonyl (C=O) groups excluding carboxylic acids is 1. The molecule has 0 spiro atoms. The number of aryl methyl sites for hydroxylation is 1. The zero-order chi connectivity index (χ0) is 18.1. The SMILES string of the molecule is COCC1(CC(=O)N2C3CCC2CN(Cc2cnccc2C)CC3)CC1. The van der Waals surface area contributed by atoms with Crippen molar-refractivity contribution in [2.24, 2.45) is 5.41 Å². The summed E-state index contributed by atoms with van der Waals surface area (Å²) in [5.41, 5.74) is 2.75. The van der Waals surface area contributed by atoms with Crippen LogP contribution in [0.3, 0.4) is 0 Å². The summed E-state index contributed by atoms with van der Waals surface area (Å²) in [6, 6.07) is 2.90. The largest absolute Gasteiger partial charge is 0.384 e. The molecule has 4 rings (SSSR count). The van der Waals surface area contributed by atoms with Crippen LogP contribution in [-0.2, 0) is 16.1 Å². The molecule has 3 fully saturated rings. The van der Waals surface area contributed by atoms with Crippen LogP contribution in [0.2, 0.25) is 0 Å². The summed E-state index contributed by atoms with van der Waals surface area (Å²) in [4.78, 5) is 22.2. The van der Waals surface area contributed by atoms with Gasteiger partial charge in [0.2, 0.25) is 5.91 Å². The molecule has 5 heteroatoms. The van der Waals surface area contributed by atoms with Gasteiger partial charge in [-0.3, -0.25) is 14.7 Å². The van der Waals surface area contributed by atoms with Crippen LogP contribution in [-0.4, -0.2) is 59.6 Å².